The van der Waals surface area contributed by atoms with E-state index in [0.29, 0.717) is 24.3 Å². The summed E-state index contributed by atoms with van der Waals surface area (Å²) in [5, 5.41) is 14.8. The fourth-order valence-corrected chi connectivity index (χ4v) is 3.65. The Morgan fingerprint density at radius 2 is 2.07 bits per heavy atom. The topological polar surface area (TPSA) is 81.1 Å². The normalized spacial score (nSPS) is 16.1. The molecule has 0 bridgehead atoms. The molecule has 0 radical (unpaired) electrons. The van der Waals surface area contributed by atoms with E-state index in [1.807, 2.05) is 35.9 Å². The molecule has 1 saturated heterocycles. The number of para-hydroxylation sites is 1. The lowest BCUT2D eigenvalue weighted by Gasteiger charge is -2.23. The summed E-state index contributed by atoms with van der Waals surface area (Å²) < 4.78 is 7.62. The zero-order valence-electron chi connectivity index (χ0n) is 17.0. The van der Waals surface area contributed by atoms with Crippen LogP contribution in [0.1, 0.15) is 68.2 Å². The highest BCUT2D eigenvalue weighted by molar-refractivity contribution is 5.92. The van der Waals surface area contributed by atoms with Gasteiger partial charge in [0, 0.05) is 5.56 Å². The van der Waals surface area contributed by atoms with Crippen LogP contribution in [0, 0.1) is 5.92 Å². The van der Waals surface area contributed by atoms with Crippen molar-refractivity contribution >= 4 is 5.91 Å². The molecule has 7 nitrogen and oxygen atoms in total. The number of rotatable bonds is 8. The van der Waals surface area contributed by atoms with Crippen LogP contribution in [0.4, 0.5) is 0 Å². The van der Waals surface area contributed by atoms with Crippen LogP contribution in [0.15, 0.2) is 30.5 Å². The summed E-state index contributed by atoms with van der Waals surface area (Å²) >= 11 is 0. The number of amides is 1. The monoisotopic (exact) mass is 385 g/mol. The first-order valence-electron chi connectivity index (χ1n) is 10.2. The summed E-state index contributed by atoms with van der Waals surface area (Å²) in [5.74, 6) is 1.04. The average Bonchev–Trinajstić information content (AvgIpc) is 3.19. The Morgan fingerprint density at radius 1 is 1.32 bits per heavy atom. The van der Waals surface area contributed by atoms with E-state index in [4.69, 9.17) is 4.74 Å². The first-order chi connectivity index (χ1) is 13.6. The molecule has 1 amide bonds. The van der Waals surface area contributed by atoms with Crippen molar-refractivity contribution in [2.75, 3.05) is 19.7 Å². The van der Waals surface area contributed by atoms with Crippen LogP contribution < -0.4 is 15.4 Å². The second kappa shape index (κ2) is 9.68. The highest BCUT2D eigenvalue weighted by atomic mass is 16.5. The highest BCUT2D eigenvalue weighted by Crippen LogP contribution is 2.30. The van der Waals surface area contributed by atoms with E-state index in [1.54, 1.807) is 6.20 Å². The maximum atomic E-state index is 12.9. The fourth-order valence-electron chi connectivity index (χ4n) is 3.65. The molecule has 0 aliphatic carbocycles. The predicted octanol–water partition coefficient (Wildman–Crippen LogP) is 3.12. The Labute approximate surface area is 166 Å². The zero-order chi connectivity index (χ0) is 19.9. The van der Waals surface area contributed by atoms with Crippen molar-refractivity contribution in [1.82, 2.24) is 25.6 Å². The third kappa shape index (κ3) is 5.10. The molecule has 1 aromatic carbocycles. The van der Waals surface area contributed by atoms with Crippen LogP contribution in [-0.2, 0) is 0 Å². The number of hydrogen-bond acceptors (Lipinski definition) is 5. The number of carbonyl (C=O) groups excluding carboxylic acids is 1. The third-order valence-electron chi connectivity index (χ3n) is 5.03. The van der Waals surface area contributed by atoms with Gasteiger partial charge in [-0.25, -0.2) is 4.68 Å². The van der Waals surface area contributed by atoms with Gasteiger partial charge in [-0.3, -0.25) is 4.79 Å². The molecule has 1 aliphatic rings. The van der Waals surface area contributed by atoms with Gasteiger partial charge in [0.2, 0.25) is 0 Å². The summed E-state index contributed by atoms with van der Waals surface area (Å²) in [6, 6.07) is 8.06. The van der Waals surface area contributed by atoms with Crippen molar-refractivity contribution in [3.63, 3.8) is 0 Å². The van der Waals surface area contributed by atoms with Crippen LogP contribution in [-0.4, -0.2) is 40.6 Å². The quantitative estimate of drug-likeness (QED) is 0.730. The van der Waals surface area contributed by atoms with E-state index in [1.165, 1.54) is 0 Å². The molecule has 1 unspecified atom stereocenters. The molecular formula is C21H31N5O2. The highest BCUT2D eigenvalue weighted by Gasteiger charge is 2.23. The van der Waals surface area contributed by atoms with Gasteiger partial charge in [0.15, 0.2) is 5.69 Å². The Balaban J connectivity index is 1.76. The van der Waals surface area contributed by atoms with E-state index in [2.05, 4.69) is 34.8 Å². The van der Waals surface area contributed by atoms with Crippen molar-refractivity contribution in [3.8, 4) is 5.75 Å². The van der Waals surface area contributed by atoms with E-state index < -0.39 is 0 Å². The minimum absolute atomic E-state index is 0.140. The van der Waals surface area contributed by atoms with Gasteiger partial charge in [-0.1, -0.05) is 37.3 Å². The van der Waals surface area contributed by atoms with Crippen molar-refractivity contribution in [2.24, 2.45) is 5.92 Å². The molecule has 1 aliphatic heterocycles. The van der Waals surface area contributed by atoms with E-state index in [9.17, 15) is 4.79 Å². The molecule has 1 aromatic heterocycles. The van der Waals surface area contributed by atoms with E-state index in [0.717, 1.165) is 43.7 Å². The molecule has 1 fully saturated rings. The lowest BCUT2D eigenvalue weighted by Crippen LogP contribution is -2.30. The van der Waals surface area contributed by atoms with Gasteiger partial charge in [-0.2, -0.15) is 0 Å². The Kier molecular flexibility index (Phi) is 7.03. The number of carbonyl (C=O) groups is 1. The lowest BCUT2D eigenvalue weighted by atomic mass is 9.96. The van der Waals surface area contributed by atoms with Gasteiger partial charge in [0.1, 0.15) is 5.75 Å². The van der Waals surface area contributed by atoms with Crippen LogP contribution in [0.3, 0.4) is 0 Å². The Bertz CT molecular complexity index is 768. The molecule has 0 saturated carbocycles. The number of nitrogens with one attached hydrogen (secondary N) is 2. The average molecular weight is 386 g/mol. The molecule has 1 atom stereocenters. The van der Waals surface area contributed by atoms with Crippen LogP contribution in [0.5, 0.6) is 5.75 Å². The largest absolute Gasteiger partial charge is 0.494 e. The van der Waals surface area contributed by atoms with Crippen molar-refractivity contribution < 1.29 is 9.53 Å². The van der Waals surface area contributed by atoms with Crippen LogP contribution in [0.25, 0.3) is 0 Å². The second-order valence-electron chi connectivity index (χ2n) is 7.69. The van der Waals surface area contributed by atoms with Crippen molar-refractivity contribution in [3.05, 3.63) is 41.7 Å². The van der Waals surface area contributed by atoms with Gasteiger partial charge in [-0.05, 0) is 51.3 Å². The van der Waals surface area contributed by atoms with Gasteiger partial charge in [0.05, 0.1) is 24.9 Å². The predicted molar refractivity (Wildman–Crippen MR) is 108 cm³/mol. The minimum Gasteiger partial charge on any atom is -0.494 e. The van der Waals surface area contributed by atoms with Crippen LogP contribution in [0.2, 0.25) is 0 Å². The number of piperidine rings is 1. The maximum Gasteiger partial charge on any atom is 0.273 e. The molecule has 0 spiro atoms. The van der Waals surface area contributed by atoms with Crippen molar-refractivity contribution in [1.29, 1.82) is 0 Å². The SMILES string of the molecule is CCOc1ccccc1C(CC(C)C)NC(=O)c1cn(C2CCNCC2)nn1. The molecule has 152 valence electrons. The van der Waals surface area contributed by atoms with Crippen LogP contribution >= 0.6 is 0 Å². The number of benzene rings is 1. The zero-order valence-corrected chi connectivity index (χ0v) is 17.0. The summed E-state index contributed by atoms with van der Waals surface area (Å²) in [6.07, 6.45) is 4.59. The lowest BCUT2D eigenvalue weighted by molar-refractivity contribution is 0.0926. The van der Waals surface area contributed by atoms with Gasteiger partial charge in [-0.15, -0.1) is 5.10 Å². The fraction of sp³-hybridized carbons (Fsp3) is 0.571. The molecule has 28 heavy (non-hydrogen) atoms. The summed E-state index contributed by atoms with van der Waals surface area (Å²) in [5.41, 5.74) is 1.36. The van der Waals surface area contributed by atoms with Gasteiger partial charge in [0.25, 0.3) is 5.91 Å². The Morgan fingerprint density at radius 3 is 2.79 bits per heavy atom. The third-order valence-corrected chi connectivity index (χ3v) is 5.03. The number of aromatic nitrogens is 3. The van der Waals surface area contributed by atoms with E-state index >= 15 is 0 Å². The molecule has 2 N–H and O–H groups in total. The van der Waals surface area contributed by atoms with Crippen molar-refractivity contribution in [2.45, 2.75) is 52.1 Å². The summed E-state index contributed by atoms with van der Waals surface area (Å²) in [4.78, 5) is 12.9. The first-order valence-corrected chi connectivity index (χ1v) is 10.2. The van der Waals surface area contributed by atoms with Gasteiger partial charge < -0.3 is 15.4 Å². The molecule has 3 rings (SSSR count). The van der Waals surface area contributed by atoms with E-state index in [-0.39, 0.29) is 11.9 Å². The number of nitrogens with zero attached hydrogens (tertiary/aromatic N) is 3. The smallest absolute Gasteiger partial charge is 0.273 e. The first kappa shape index (κ1) is 20.3. The van der Waals surface area contributed by atoms with Gasteiger partial charge >= 0.3 is 0 Å². The summed E-state index contributed by atoms with van der Waals surface area (Å²) in [6.45, 7) is 8.79. The number of ether oxygens (including phenoxy) is 1. The minimum atomic E-state index is -0.197. The summed E-state index contributed by atoms with van der Waals surface area (Å²) in [7, 11) is 0. The molecular weight excluding hydrogens is 354 g/mol. The second-order valence-corrected chi connectivity index (χ2v) is 7.69. The number of hydrogen-bond donors (Lipinski definition) is 2. The molecule has 2 heterocycles. The molecule has 7 heteroatoms. The maximum absolute atomic E-state index is 12.9. The standard InChI is InChI=1S/C21H31N5O2/c1-4-28-20-8-6-5-7-17(20)18(13-15(2)3)23-21(27)19-14-26(25-24-19)16-9-11-22-12-10-16/h5-8,14-16,18,22H,4,9-13H2,1-3H3,(H,23,27). The Hall–Kier alpha value is -2.41. The molecule has 2 aromatic rings.